The zero-order valence-electron chi connectivity index (χ0n) is 17.7. The highest BCUT2D eigenvalue weighted by Crippen LogP contribution is 2.60. The number of likely N-dealkylation sites (tertiary alicyclic amines) is 1. The van der Waals surface area contributed by atoms with Gasteiger partial charge >= 0.3 is 5.97 Å². The Morgan fingerprint density at radius 3 is 2.22 bits per heavy atom. The molecule has 0 unspecified atom stereocenters. The molecule has 0 aromatic heterocycles. The molecule has 1 aromatic rings. The van der Waals surface area contributed by atoms with Crippen LogP contribution in [0.2, 0.25) is 0 Å². The van der Waals surface area contributed by atoms with Crippen LogP contribution >= 0.6 is 47.8 Å². The van der Waals surface area contributed by atoms with Crippen molar-refractivity contribution in [2.75, 3.05) is 11.9 Å². The number of imide groups is 1. The van der Waals surface area contributed by atoms with Crippen LogP contribution in [0.15, 0.2) is 16.6 Å². The van der Waals surface area contributed by atoms with Crippen LogP contribution in [-0.4, -0.2) is 50.9 Å². The number of esters is 1. The van der Waals surface area contributed by atoms with Gasteiger partial charge in [-0.15, -0.1) is 0 Å². The van der Waals surface area contributed by atoms with E-state index in [2.05, 4.69) is 53.1 Å². The molecule has 3 fully saturated rings. The van der Waals surface area contributed by atoms with Crippen molar-refractivity contribution in [2.24, 2.45) is 23.7 Å². The van der Waals surface area contributed by atoms with Crippen LogP contribution in [0.5, 0.6) is 0 Å². The van der Waals surface area contributed by atoms with E-state index in [0.29, 0.717) is 5.69 Å². The molecule has 1 aromatic carbocycles. The SMILES string of the molecule is Cc1cc(NC(=O)COC(=O)[C@H](C)N2C(=O)[C@@H]3[C@H]4C[C@@H]([C@H](Br)[C@@H]4Br)[C@@H]3C2=O)c(C)cc1Br. The minimum atomic E-state index is -1.08. The Balaban J connectivity index is 1.37. The third-order valence-electron chi connectivity index (χ3n) is 6.87. The third-order valence-corrected chi connectivity index (χ3v) is 10.9. The van der Waals surface area contributed by atoms with Crippen molar-refractivity contribution in [3.63, 3.8) is 0 Å². The van der Waals surface area contributed by atoms with Crippen LogP contribution in [0.3, 0.4) is 0 Å². The molecule has 1 N–H and O–H groups in total. The summed E-state index contributed by atoms with van der Waals surface area (Å²) in [6.45, 7) is 4.73. The predicted molar refractivity (Wildman–Crippen MR) is 129 cm³/mol. The molecule has 2 bridgehead atoms. The zero-order valence-corrected chi connectivity index (χ0v) is 22.5. The van der Waals surface area contributed by atoms with Crippen molar-refractivity contribution in [1.82, 2.24) is 4.90 Å². The Labute approximate surface area is 211 Å². The molecule has 3 amide bonds. The summed E-state index contributed by atoms with van der Waals surface area (Å²) in [5.74, 6) is -2.54. The lowest BCUT2D eigenvalue weighted by molar-refractivity contribution is -0.159. The molecule has 7 nitrogen and oxygen atoms in total. The van der Waals surface area contributed by atoms with Crippen LogP contribution in [0.4, 0.5) is 5.69 Å². The molecule has 1 saturated heterocycles. The van der Waals surface area contributed by atoms with Gasteiger partial charge in [0, 0.05) is 19.8 Å². The van der Waals surface area contributed by atoms with Gasteiger partial charge < -0.3 is 10.1 Å². The van der Waals surface area contributed by atoms with Crippen LogP contribution in [0.25, 0.3) is 0 Å². The van der Waals surface area contributed by atoms with Gasteiger partial charge in [0.1, 0.15) is 6.04 Å². The molecule has 2 aliphatic carbocycles. The Morgan fingerprint density at radius 1 is 1.09 bits per heavy atom. The van der Waals surface area contributed by atoms with E-state index in [9.17, 15) is 19.2 Å². The van der Waals surface area contributed by atoms with Gasteiger partial charge in [0.25, 0.3) is 5.91 Å². The molecule has 32 heavy (non-hydrogen) atoms. The lowest BCUT2D eigenvalue weighted by atomic mass is 9.81. The molecule has 4 rings (SSSR count). The molecular formula is C22H23Br3N2O5. The quantitative estimate of drug-likeness (QED) is 0.303. The average Bonchev–Trinajstić information content (AvgIpc) is 3.34. The number of benzene rings is 1. The van der Waals surface area contributed by atoms with Crippen molar-refractivity contribution in [2.45, 2.75) is 42.9 Å². The van der Waals surface area contributed by atoms with E-state index in [1.807, 2.05) is 26.0 Å². The molecule has 2 saturated carbocycles. The number of halogens is 3. The van der Waals surface area contributed by atoms with Gasteiger partial charge in [0.2, 0.25) is 11.8 Å². The van der Waals surface area contributed by atoms with E-state index in [4.69, 9.17) is 4.74 Å². The van der Waals surface area contributed by atoms with Gasteiger partial charge in [-0.05, 0) is 62.3 Å². The first-order chi connectivity index (χ1) is 15.0. The number of carbonyl (C=O) groups excluding carboxylic acids is 4. The highest BCUT2D eigenvalue weighted by atomic mass is 79.9. The Hall–Kier alpha value is -1.26. The number of hydrogen-bond donors (Lipinski definition) is 1. The second-order valence-electron chi connectivity index (χ2n) is 8.80. The number of anilines is 1. The summed E-state index contributed by atoms with van der Waals surface area (Å²) < 4.78 is 6.08. The number of hydrogen-bond acceptors (Lipinski definition) is 5. The summed E-state index contributed by atoms with van der Waals surface area (Å²) in [7, 11) is 0. The van der Waals surface area contributed by atoms with E-state index in [1.165, 1.54) is 6.92 Å². The van der Waals surface area contributed by atoms with Crippen molar-refractivity contribution in [3.05, 3.63) is 27.7 Å². The first-order valence-corrected chi connectivity index (χ1v) is 13.0. The van der Waals surface area contributed by atoms with Gasteiger partial charge in [-0.2, -0.15) is 0 Å². The van der Waals surface area contributed by atoms with Crippen LogP contribution in [0.1, 0.15) is 24.5 Å². The van der Waals surface area contributed by atoms with Crippen LogP contribution in [0, 0.1) is 37.5 Å². The maximum Gasteiger partial charge on any atom is 0.329 e. The van der Waals surface area contributed by atoms with Gasteiger partial charge in [-0.3, -0.25) is 19.3 Å². The number of aryl methyl sites for hydroxylation is 2. The van der Waals surface area contributed by atoms with Crippen molar-refractivity contribution >= 4 is 77.2 Å². The fraction of sp³-hybridized carbons (Fsp3) is 0.545. The number of fused-ring (bicyclic) bond motifs is 5. The molecule has 172 valence electrons. The number of rotatable bonds is 5. The normalized spacial score (nSPS) is 31.6. The van der Waals surface area contributed by atoms with E-state index in [-0.39, 0.29) is 33.3 Å². The predicted octanol–water partition coefficient (Wildman–Crippen LogP) is 3.71. The Bertz CT molecular complexity index is 984. The average molecular weight is 635 g/mol. The lowest BCUT2D eigenvalue weighted by Crippen LogP contribution is -2.45. The molecule has 0 radical (unpaired) electrons. The van der Waals surface area contributed by atoms with Crippen LogP contribution < -0.4 is 5.32 Å². The minimum absolute atomic E-state index is 0.0717. The summed E-state index contributed by atoms with van der Waals surface area (Å²) in [6, 6.07) is 2.64. The van der Waals surface area contributed by atoms with Gasteiger partial charge in [-0.1, -0.05) is 47.8 Å². The molecule has 7 atom stereocenters. The monoisotopic (exact) mass is 632 g/mol. The smallest absolute Gasteiger partial charge is 0.329 e. The van der Waals surface area contributed by atoms with E-state index in [1.54, 1.807) is 0 Å². The van der Waals surface area contributed by atoms with E-state index in [0.717, 1.165) is 26.9 Å². The lowest BCUT2D eigenvalue weighted by Gasteiger charge is -2.28. The maximum absolute atomic E-state index is 13.0. The molecule has 1 heterocycles. The Morgan fingerprint density at radius 2 is 1.66 bits per heavy atom. The number of carbonyl (C=O) groups is 4. The van der Waals surface area contributed by atoms with Crippen molar-refractivity contribution in [3.8, 4) is 0 Å². The number of amides is 3. The summed E-state index contributed by atoms with van der Waals surface area (Å²) in [5, 5.41) is 2.73. The summed E-state index contributed by atoms with van der Waals surface area (Å²) in [4.78, 5) is 52.3. The van der Waals surface area contributed by atoms with E-state index >= 15 is 0 Å². The Kier molecular flexibility index (Phi) is 6.59. The topological polar surface area (TPSA) is 92.8 Å². The van der Waals surface area contributed by atoms with Gasteiger partial charge in [0.15, 0.2) is 6.61 Å². The van der Waals surface area contributed by atoms with Crippen molar-refractivity contribution in [1.29, 1.82) is 0 Å². The first kappa shape index (κ1) is 23.9. The number of nitrogens with zero attached hydrogens (tertiary/aromatic N) is 1. The standard InChI is InChI=1S/C22H23Br3N2O5/c1-8-5-14(9(2)4-13(8)23)26-15(28)7-32-22(31)10(3)27-20(29)16-11-6-12(17(16)21(27)30)19(25)18(11)24/h4-5,10-12,16-19H,6-7H2,1-3H3,(H,26,28)/t10-,11+,12+,16-,17+,18-,19+/m0/s1. The summed E-state index contributed by atoms with van der Waals surface area (Å²) in [6.07, 6.45) is 0.820. The zero-order chi connectivity index (χ0) is 23.5. The molecule has 0 spiro atoms. The van der Waals surface area contributed by atoms with E-state index < -0.39 is 36.4 Å². The van der Waals surface area contributed by atoms with Crippen LogP contribution in [-0.2, 0) is 23.9 Å². The number of alkyl halides is 2. The highest BCUT2D eigenvalue weighted by Gasteiger charge is 2.67. The fourth-order valence-electron chi connectivity index (χ4n) is 5.22. The second kappa shape index (κ2) is 8.83. The number of ether oxygens (including phenoxy) is 1. The molecular weight excluding hydrogens is 612 g/mol. The molecule has 3 aliphatic rings. The fourth-order valence-corrected chi connectivity index (χ4v) is 7.55. The maximum atomic E-state index is 13.0. The molecule has 1 aliphatic heterocycles. The largest absolute Gasteiger partial charge is 0.454 e. The van der Waals surface area contributed by atoms with Gasteiger partial charge in [0.05, 0.1) is 11.8 Å². The molecule has 10 heteroatoms. The second-order valence-corrected chi connectivity index (χ2v) is 11.8. The third kappa shape index (κ3) is 3.86. The number of nitrogens with one attached hydrogen (secondary N) is 1. The highest BCUT2D eigenvalue weighted by molar-refractivity contribution is 9.12. The van der Waals surface area contributed by atoms with Crippen molar-refractivity contribution < 1.29 is 23.9 Å². The summed E-state index contributed by atoms with van der Waals surface area (Å²) >= 11 is 10.7. The first-order valence-electron chi connectivity index (χ1n) is 10.4. The van der Waals surface area contributed by atoms with Gasteiger partial charge in [-0.25, -0.2) is 4.79 Å². The summed E-state index contributed by atoms with van der Waals surface area (Å²) in [5.41, 5.74) is 2.44. The minimum Gasteiger partial charge on any atom is -0.454 e.